The molecule has 1 aliphatic carbocycles. The normalized spacial score (nSPS) is 11.3. The second kappa shape index (κ2) is 19.4. The van der Waals surface area contributed by atoms with Gasteiger partial charge in [0.15, 0.2) is 11.6 Å². The third-order valence-electron chi connectivity index (χ3n) is 6.51. The molecular formula is C34H47FN2O3. The van der Waals surface area contributed by atoms with Crippen LogP contribution in [0.15, 0.2) is 60.7 Å². The summed E-state index contributed by atoms with van der Waals surface area (Å²) in [7, 11) is 5.63. The summed E-state index contributed by atoms with van der Waals surface area (Å²) in [6.07, 6.45) is 12.9. The SMILES string of the molecule is C#C.CC.CCN(C)CCOc1ccc(CN(C)c2cccc(OC)c2)cc1F.Oc1ccc2c(c1)CCCC2. The number of aryl methyl sites for hydroxylation is 2. The zero-order valence-electron chi connectivity index (χ0n) is 25.1. The molecule has 0 radical (unpaired) electrons. The van der Waals surface area contributed by atoms with Crippen LogP contribution in [-0.2, 0) is 19.4 Å². The molecule has 0 aromatic heterocycles. The van der Waals surface area contributed by atoms with Crippen LogP contribution in [0.25, 0.3) is 0 Å². The summed E-state index contributed by atoms with van der Waals surface area (Å²) < 4.78 is 25.0. The Balaban J connectivity index is 0.000000440. The van der Waals surface area contributed by atoms with Gasteiger partial charge in [0.2, 0.25) is 0 Å². The number of rotatable bonds is 9. The van der Waals surface area contributed by atoms with Crippen LogP contribution in [0.1, 0.15) is 50.3 Å². The van der Waals surface area contributed by atoms with E-state index < -0.39 is 0 Å². The van der Waals surface area contributed by atoms with Gasteiger partial charge >= 0.3 is 0 Å². The fourth-order valence-corrected chi connectivity index (χ4v) is 4.16. The minimum atomic E-state index is -0.323. The van der Waals surface area contributed by atoms with E-state index in [4.69, 9.17) is 9.47 Å². The third-order valence-corrected chi connectivity index (χ3v) is 6.51. The molecule has 0 spiro atoms. The molecule has 0 amide bonds. The molecule has 0 saturated carbocycles. The van der Waals surface area contributed by atoms with Crippen LogP contribution in [0.5, 0.6) is 17.2 Å². The molecule has 0 saturated heterocycles. The van der Waals surface area contributed by atoms with Gasteiger partial charge in [-0.25, -0.2) is 4.39 Å². The number of hydrogen-bond acceptors (Lipinski definition) is 5. The monoisotopic (exact) mass is 550 g/mol. The van der Waals surface area contributed by atoms with Gasteiger partial charge in [0, 0.05) is 31.9 Å². The van der Waals surface area contributed by atoms with E-state index in [0.717, 1.165) is 36.5 Å². The molecule has 5 nitrogen and oxygen atoms in total. The van der Waals surface area contributed by atoms with Crippen molar-refractivity contribution in [2.45, 2.75) is 53.0 Å². The van der Waals surface area contributed by atoms with E-state index in [1.165, 1.54) is 36.5 Å². The molecule has 1 aliphatic rings. The molecule has 0 heterocycles. The Bertz CT molecular complexity index is 1150. The average Bonchev–Trinajstić information content (AvgIpc) is 3.00. The summed E-state index contributed by atoms with van der Waals surface area (Å²) >= 11 is 0. The van der Waals surface area contributed by atoms with E-state index in [-0.39, 0.29) is 5.82 Å². The quantitative estimate of drug-likeness (QED) is 0.282. The number of anilines is 1. The number of hydrogen-bond donors (Lipinski definition) is 1. The topological polar surface area (TPSA) is 45.2 Å². The minimum absolute atomic E-state index is 0.303. The Kier molecular flexibility index (Phi) is 16.6. The van der Waals surface area contributed by atoms with E-state index in [2.05, 4.69) is 24.7 Å². The van der Waals surface area contributed by atoms with Crippen molar-refractivity contribution in [1.29, 1.82) is 0 Å². The number of aromatic hydroxyl groups is 1. The first-order valence-corrected chi connectivity index (χ1v) is 14.0. The van der Waals surface area contributed by atoms with E-state index in [1.54, 1.807) is 19.2 Å². The van der Waals surface area contributed by atoms with Gasteiger partial charge in [0.25, 0.3) is 0 Å². The average molecular weight is 551 g/mol. The molecule has 0 atom stereocenters. The van der Waals surface area contributed by atoms with Gasteiger partial charge < -0.3 is 24.4 Å². The maximum absolute atomic E-state index is 14.3. The van der Waals surface area contributed by atoms with Crippen molar-refractivity contribution in [2.75, 3.05) is 45.8 Å². The fourth-order valence-electron chi connectivity index (χ4n) is 4.16. The maximum Gasteiger partial charge on any atom is 0.165 e. The molecule has 3 aromatic rings. The maximum atomic E-state index is 14.3. The highest BCUT2D eigenvalue weighted by molar-refractivity contribution is 5.50. The van der Waals surface area contributed by atoms with E-state index in [1.807, 2.05) is 75.3 Å². The number of phenolic OH excluding ortho intramolecular Hbond substituents is 1. The van der Waals surface area contributed by atoms with Crippen LogP contribution in [-0.4, -0.2) is 50.9 Å². The molecule has 6 heteroatoms. The predicted octanol–water partition coefficient (Wildman–Crippen LogP) is 7.35. The van der Waals surface area contributed by atoms with Crippen molar-refractivity contribution in [3.8, 4) is 30.1 Å². The summed E-state index contributed by atoms with van der Waals surface area (Å²) in [5.41, 5.74) is 4.67. The Morgan fingerprint density at radius 3 is 2.27 bits per heavy atom. The number of fused-ring (bicyclic) bond motifs is 1. The summed E-state index contributed by atoms with van der Waals surface area (Å²) in [6, 6.07) is 18.7. The first kappa shape index (κ1) is 34.3. The van der Waals surface area contributed by atoms with Crippen LogP contribution in [0, 0.1) is 18.7 Å². The summed E-state index contributed by atoms with van der Waals surface area (Å²) in [5.74, 6) is 1.19. The van der Waals surface area contributed by atoms with Crippen molar-refractivity contribution in [3.63, 3.8) is 0 Å². The lowest BCUT2D eigenvalue weighted by molar-refractivity contribution is 0.236. The number of benzene rings is 3. The molecule has 0 unspecified atom stereocenters. The van der Waals surface area contributed by atoms with Crippen LogP contribution < -0.4 is 14.4 Å². The molecule has 0 bridgehead atoms. The summed E-state index contributed by atoms with van der Waals surface area (Å²) in [4.78, 5) is 4.17. The van der Waals surface area contributed by atoms with Crippen LogP contribution in [0.4, 0.5) is 10.1 Å². The number of phenols is 1. The number of terminal acetylenes is 1. The van der Waals surface area contributed by atoms with Crippen LogP contribution in [0.2, 0.25) is 0 Å². The second-order valence-electron chi connectivity index (χ2n) is 9.23. The zero-order chi connectivity index (χ0) is 29.9. The van der Waals surface area contributed by atoms with Gasteiger partial charge in [0.05, 0.1) is 7.11 Å². The highest BCUT2D eigenvalue weighted by atomic mass is 19.1. The molecule has 4 rings (SSSR count). The standard InChI is InChI=1S/C20H27FN2O2.C10H12O.C2H6.C2H2/c1-5-22(2)11-12-25-20-10-9-16(13-19(20)21)15-23(3)17-7-6-8-18(14-17)24-4;11-10-6-5-8-3-1-2-4-9(8)7-10;2*1-2/h6-10,13-14H,5,11-12,15H2,1-4H3;5-7,11H,1-4H2;1-2H3;1-2H. The van der Waals surface area contributed by atoms with Gasteiger partial charge in [0.1, 0.15) is 18.1 Å². The third kappa shape index (κ3) is 11.6. The van der Waals surface area contributed by atoms with E-state index >= 15 is 0 Å². The first-order valence-electron chi connectivity index (χ1n) is 14.0. The number of methoxy groups -OCH3 is 1. The number of likely N-dealkylation sites (N-methyl/N-ethyl adjacent to an activating group) is 1. The highest BCUT2D eigenvalue weighted by Crippen LogP contribution is 2.25. The predicted molar refractivity (Wildman–Crippen MR) is 166 cm³/mol. The van der Waals surface area contributed by atoms with Crippen molar-refractivity contribution in [3.05, 3.63) is 83.2 Å². The Labute approximate surface area is 241 Å². The lowest BCUT2D eigenvalue weighted by Crippen LogP contribution is -2.23. The van der Waals surface area contributed by atoms with E-state index in [0.29, 0.717) is 24.7 Å². The van der Waals surface area contributed by atoms with Gasteiger partial charge in [-0.2, -0.15) is 0 Å². The molecule has 1 N–H and O–H groups in total. The van der Waals surface area contributed by atoms with Gasteiger partial charge in [-0.3, -0.25) is 0 Å². The van der Waals surface area contributed by atoms with Crippen LogP contribution >= 0.6 is 0 Å². The minimum Gasteiger partial charge on any atom is -0.508 e. The molecule has 40 heavy (non-hydrogen) atoms. The number of ether oxygens (including phenoxy) is 2. The Morgan fingerprint density at radius 2 is 1.62 bits per heavy atom. The van der Waals surface area contributed by atoms with Crippen molar-refractivity contribution in [1.82, 2.24) is 4.90 Å². The molecular weight excluding hydrogens is 503 g/mol. The van der Waals surface area contributed by atoms with Crippen molar-refractivity contribution < 1.29 is 19.0 Å². The van der Waals surface area contributed by atoms with Gasteiger partial charge in [-0.05, 0) is 92.4 Å². The fraction of sp³-hybridized carbons (Fsp3) is 0.412. The molecule has 0 aliphatic heterocycles. The summed E-state index contributed by atoms with van der Waals surface area (Å²) in [6.45, 7) is 8.87. The number of nitrogens with zero attached hydrogens (tertiary/aromatic N) is 2. The van der Waals surface area contributed by atoms with Gasteiger partial charge in [-0.15, -0.1) is 12.8 Å². The largest absolute Gasteiger partial charge is 0.508 e. The second-order valence-corrected chi connectivity index (χ2v) is 9.23. The number of halogens is 1. The Morgan fingerprint density at radius 1 is 0.925 bits per heavy atom. The highest BCUT2D eigenvalue weighted by Gasteiger charge is 2.09. The van der Waals surface area contributed by atoms with Crippen molar-refractivity contribution in [2.24, 2.45) is 0 Å². The summed E-state index contributed by atoms with van der Waals surface area (Å²) in [5, 5.41) is 9.19. The lowest BCUT2D eigenvalue weighted by Gasteiger charge is -2.20. The van der Waals surface area contributed by atoms with E-state index in [9.17, 15) is 9.50 Å². The Hall–Kier alpha value is -3.69. The lowest BCUT2D eigenvalue weighted by atomic mass is 9.92. The molecule has 0 fully saturated rings. The molecule has 218 valence electrons. The van der Waals surface area contributed by atoms with Gasteiger partial charge in [-0.1, -0.05) is 39.0 Å². The van der Waals surface area contributed by atoms with Crippen LogP contribution in [0.3, 0.4) is 0 Å². The smallest absolute Gasteiger partial charge is 0.165 e. The molecule has 3 aromatic carbocycles. The van der Waals surface area contributed by atoms with Crippen molar-refractivity contribution >= 4 is 5.69 Å². The zero-order valence-corrected chi connectivity index (χ0v) is 25.1. The first-order chi connectivity index (χ1) is 19.4.